The minimum atomic E-state index is -4.12. The Labute approximate surface area is 189 Å². The highest BCUT2D eigenvalue weighted by Gasteiger charge is 2.24. The number of anilines is 1. The summed E-state index contributed by atoms with van der Waals surface area (Å²) >= 11 is 0. The van der Waals surface area contributed by atoms with Crippen LogP contribution in [0.3, 0.4) is 0 Å². The molecule has 3 rings (SSSR count). The summed E-state index contributed by atoms with van der Waals surface area (Å²) in [4.78, 5) is 11.9. The van der Waals surface area contributed by atoms with Crippen LogP contribution < -0.4 is 4.72 Å². The van der Waals surface area contributed by atoms with E-state index in [1.54, 1.807) is 12.1 Å². The molecule has 0 bridgehead atoms. The van der Waals surface area contributed by atoms with Gasteiger partial charge in [-0.3, -0.25) is 4.72 Å². The average molecular weight is 478 g/mol. The van der Waals surface area contributed by atoms with E-state index in [1.165, 1.54) is 31.4 Å². The van der Waals surface area contributed by atoms with E-state index in [9.17, 15) is 21.6 Å². The second kappa shape index (κ2) is 9.46. The van der Waals surface area contributed by atoms with Crippen LogP contribution >= 0.6 is 0 Å². The molecule has 1 aliphatic rings. The number of aryl methyl sites for hydroxylation is 1. The second-order valence-corrected chi connectivity index (χ2v) is 11.4. The van der Waals surface area contributed by atoms with Crippen molar-refractivity contribution in [1.82, 2.24) is 0 Å². The highest BCUT2D eigenvalue weighted by molar-refractivity contribution is 7.92. The number of nitrogens with one attached hydrogen (secondary N) is 1. The van der Waals surface area contributed by atoms with Crippen LogP contribution in [0.15, 0.2) is 52.3 Å². The average Bonchev–Trinajstić information content (AvgIpc) is 2.77. The first-order valence-electron chi connectivity index (χ1n) is 10.3. The summed E-state index contributed by atoms with van der Waals surface area (Å²) in [5, 5.41) is 0. The maximum Gasteiger partial charge on any atom is 0.337 e. The molecule has 0 radical (unpaired) electrons. The minimum absolute atomic E-state index is 0.0226. The molecule has 0 atom stereocenters. The van der Waals surface area contributed by atoms with Gasteiger partial charge in [-0.1, -0.05) is 25.1 Å². The third-order valence-corrected chi connectivity index (χ3v) is 8.02. The highest BCUT2D eigenvalue weighted by Crippen LogP contribution is 2.34. The predicted octanol–water partition coefficient (Wildman–Crippen LogP) is 4.20. The molecule has 0 aromatic heterocycles. The summed E-state index contributed by atoms with van der Waals surface area (Å²) in [6.45, 7) is 1.81. The van der Waals surface area contributed by atoms with Gasteiger partial charge in [0.15, 0.2) is 9.84 Å². The number of methoxy groups -OCH3 is 1. The number of sulfone groups is 1. The lowest BCUT2D eigenvalue weighted by Crippen LogP contribution is -2.17. The molecule has 172 valence electrons. The maximum absolute atomic E-state index is 13.4. The topological polar surface area (TPSA) is 107 Å². The van der Waals surface area contributed by atoms with Crippen LogP contribution in [0.4, 0.5) is 5.69 Å². The van der Waals surface area contributed by atoms with Crippen molar-refractivity contribution < 1.29 is 26.4 Å². The molecule has 1 N–H and O–H groups in total. The second-order valence-electron chi connectivity index (χ2n) is 7.73. The van der Waals surface area contributed by atoms with Gasteiger partial charge in [0.2, 0.25) is 0 Å². The van der Waals surface area contributed by atoms with Gasteiger partial charge in [0.25, 0.3) is 10.0 Å². The lowest BCUT2D eigenvalue weighted by molar-refractivity contribution is 0.0600. The van der Waals surface area contributed by atoms with Crippen molar-refractivity contribution in [2.75, 3.05) is 18.1 Å². The number of ether oxygens (including phenoxy) is 1. The van der Waals surface area contributed by atoms with Crippen molar-refractivity contribution in [3.05, 3.63) is 59.2 Å². The molecule has 2 aromatic carbocycles. The van der Waals surface area contributed by atoms with Crippen LogP contribution in [0.5, 0.6) is 0 Å². The van der Waals surface area contributed by atoms with Crippen LogP contribution in [0, 0.1) is 0 Å². The van der Waals surface area contributed by atoms with Crippen molar-refractivity contribution in [2.24, 2.45) is 0 Å². The molecule has 2 aromatic rings. The van der Waals surface area contributed by atoms with Gasteiger partial charge in [0, 0.05) is 11.8 Å². The van der Waals surface area contributed by atoms with Crippen molar-refractivity contribution in [1.29, 1.82) is 0 Å². The normalized spacial score (nSPS) is 14.5. The number of carbonyl (C=O) groups is 1. The smallest absolute Gasteiger partial charge is 0.337 e. The quantitative estimate of drug-likeness (QED) is 0.599. The van der Waals surface area contributed by atoms with E-state index >= 15 is 0 Å². The Bertz CT molecular complexity index is 1280. The molecule has 32 heavy (non-hydrogen) atoms. The molecule has 0 unspecified atom stereocenters. The van der Waals surface area contributed by atoms with E-state index in [-0.39, 0.29) is 21.0 Å². The fourth-order valence-electron chi connectivity index (χ4n) is 3.74. The molecule has 0 saturated heterocycles. The molecule has 0 heterocycles. The van der Waals surface area contributed by atoms with Crippen molar-refractivity contribution in [2.45, 2.75) is 48.8 Å². The van der Waals surface area contributed by atoms with E-state index in [0.29, 0.717) is 17.5 Å². The van der Waals surface area contributed by atoms with Gasteiger partial charge < -0.3 is 4.74 Å². The van der Waals surface area contributed by atoms with Gasteiger partial charge in [-0.05, 0) is 67.5 Å². The maximum atomic E-state index is 13.4. The number of hydrogen-bond donors (Lipinski definition) is 1. The highest BCUT2D eigenvalue weighted by atomic mass is 32.2. The fraction of sp³-hybridized carbons (Fsp3) is 0.348. The van der Waals surface area contributed by atoms with E-state index in [2.05, 4.69) is 10.8 Å². The van der Waals surface area contributed by atoms with Gasteiger partial charge in [-0.15, -0.1) is 0 Å². The molecule has 0 amide bonds. The number of allylic oxidation sites excluding steroid dienone is 2. The first-order valence-corrected chi connectivity index (χ1v) is 13.7. The molecule has 0 saturated carbocycles. The number of hydrogen-bond acceptors (Lipinski definition) is 6. The standard InChI is InChI=1S/C23H27NO6S2/c1-4-16-10-11-18(23(25)30-2)14-22(16)32(28,29)24-21-15-19(31(3,26)27)12-13-20(21)17-8-6-5-7-9-17/h8,10-15,24H,4-7,9H2,1-3H3. The fourth-order valence-corrected chi connectivity index (χ4v) is 5.80. The van der Waals surface area contributed by atoms with Crippen LogP contribution in [-0.2, 0) is 31.0 Å². The first kappa shape index (κ1) is 24.0. The number of esters is 1. The summed E-state index contributed by atoms with van der Waals surface area (Å²) in [5.41, 5.74) is 2.48. The minimum Gasteiger partial charge on any atom is -0.465 e. The third kappa shape index (κ3) is 5.21. The third-order valence-electron chi connectivity index (χ3n) is 5.46. The van der Waals surface area contributed by atoms with Gasteiger partial charge in [0.1, 0.15) is 0 Å². The summed E-state index contributed by atoms with van der Waals surface area (Å²) in [7, 11) is -6.44. The van der Waals surface area contributed by atoms with E-state index < -0.39 is 25.8 Å². The van der Waals surface area contributed by atoms with Crippen LogP contribution in [0.25, 0.3) is 5.57 Å². The number of benzene rings is 2. The summed E-state index contributed by atoms with van der Waals surface area (Å²) < 4.78 is 58.4. The Balaban J connectivity index is 2.14. The molecule has 0 fully saturated rings. The van der Waals surface area contributed by atoms with Gasteiger partial charge in [-0.25, -0.2) is 21.6 Å². The molecule has 1 aliphatic carbocycles. The Hall–Kier alpha value is -2.65. The molecular formula is C23H27NO6S2. The largest absolute Gasteiger partial charge is 0.465 e. The van der Waals surface area contributed by atoms with Crippen LogP contribution in [0.2, 0.25) is 0 Å². The summed E-state index contributed by atoms with van der Waals surface area (Å²) in [6, 6.07) is 8.88. The zero-order chi connectivity index (χ0) is 23.5. The molecular weight excluding hydrogens is 450 g/mol. The SMILES string of the molecule is CCc1ccc(C(=O)OC)cc1S(=O)(=O)Nc1cc(S(C)(=O)=O)ccc1C1=CCCCC1. The van der Waals surface area contributed by atoms with Crippen molar-refractivity contribution >= 4 is 37.1 Å². The zero-order valence-electron chi connectivity index (χ0n) is 18.3. The van der Waals surface area contributed by atoms with E-state index in [1.807, 2.05) is 6.92 Å². The molecule has 7 nitrogen and oxygen atoms in total. The van der Waals surface area contributed by atoms with E-state index in [4.69, 9.17) is 4.74 Å². The molecule has 9 heteroatoms. The Morgan fingerprint density at radius 2 is 1.81 bits per heavy atom. The number of rotatable bonds is 7. The zero-order valence-corrected chi connectivity index (χ0v) is 20.0. The van der Waals surface area contributed by atoms with Gasteiger partial charge in [0.05, 0.1) is 28.2 Å². The lowest BCUT2D eigenvalue weighted by Gasteiger charge is -2.19. The van der Waals surface area contributed by atoms with Crippen molar-refractivity contribution in [3.8, 4) is 0 Å². The first-order chi connectivity index (χ1) is 15.1. The Kier molecular flexibility index (Phi) is 7.09. The Morgan fingerprint density at radius 1 is 1.06 bits per heavy atom. The monoisotopic (exact) mass is 477 g/mol. The molecule has 0 spiro atoms. The number of sulfonamides is 1. The van der Waals surface area contributed by atoms with Crippen LogP contribution in [0.1, 0.15) is 54.1 Å². The van der Waals surface area contributed by atoms with E-state index in [0.717, 1.165) is 37.5 Å². The van der Waals surface area contributed by atoms with Gasteiger partial charge in [-0.2, -0.15) is 0 Å². The van der Waals surface area contributed by atoms with Crippen LogP contribution in [-0.4, -0.2) is 36.2 Å². The lowest BCUT2D eigenvalue weighted by atomic mass is 9.93. The number of carbonyl (C=O) groups excluding carboxylic acids is 1. The van der Waals surface area contributed by atoms with Crippen molar-refractivity contribution in [3.63, 3.8) is 0 Å². The van der Waals surface area contributed by atoms with Gasteiger partial charge >= 0.3 is 5.97 Å². The Morgan fingerprint density at radius 3 is 2.41 bits per heavy atom. The summed E-state index contributed by atoms with van der Waals surface area (Å²) in [5.74, 6) is -0.642. The molecule has 0 aliphatic heterocycles. The predicted molar refractivity (Wildman–Crippen MR) is 124 cm³/mol. The summed E-state index contributed by atoms with van der Waals surface area (Å²) in [6.07, 6.45) is 7.28.